The molecule has 1 heterocycles. The first kappa shape index (κ1) is 13.1. The summed E-state index contributed by atoms with van der Waals surface area (Å²) in [6.45, 7) is 0. The van der Waals surface area contributed by atoms with Crippen LogP contribution in [0.1, 0.15) is 37.7 Å². The van der Waals surface area contributed by atoms with Crippen molar-refractivity contribution in [1.29, 1.82) is 0 Å². The van der Waals surface area contributed by atoms with Gasteiger partial charge in [0.15, 0.2) is 5.16 Å². The lowest BCUT2D eigenvalue weighted by molar-refractivity contribution is -0.131. The summed E-state index contributed by atoms with van der Waals surface area (Å²) in [6.07, 6.45) is 12.4. The molecule has 1 N–H and O–H groups in total. The molecule has 0 aliphatic heterocycles. The van der Waals surface area contributed by atoms with Gasteiger partial charge in [-0.3, -0.25) is 0 Å². The summed E-state index contributed by atoms with van der Waals surface area (Å²) in [6, 6.07) is 0. The van der Waals surface area contributed by atoms with Crippen LogP contribution in [-0.2, 0) is 4.79 Å². The fourth-order valence-electron chi connectivity index (χ4n) is 1.97. The molecule has 0 amide bonds. The minimum absolute atomic E-state index is 0.638. The number of rotatable bonds is 4. The summed E-state index contributed by atoms with van der Waals surface area (Å²) in [4.78, 5) is 18.9. The largest absolute Gasteiger partial charge is 0.478 e. The summed E-state index contributed by atoms with van der Waals surface area (Å²) in [5.74, 6) is -0.962. The third-order valence-electron chi connectivity index (χ3n) is 2.89. The Balaban J connectivity index is 1.92. The fraction of sp³-hybridized carbons (Fsp3) is 0.462. The summed E-state index contributed by atoms with van der Waals surface area (Å²) in [5.41, 5.74) is 0.713. The van der Waals surface area contributed by atoms with Gasteiger partial charge in [-0.2, -0.15) is 0 Å². The van der Waals surface area contributed by atoms with Gasteiger partial charge in [-0.25, -0.2) is 14.8 Å². The zero-order valence-corrected chi connectivity index (χ0v) is 10.9. The molecule has 0 saturated heterocycles. The summed E-state index contributed by atoms with van der Waals surface area (Å²) in [7, 11) is 0. The molecule has 96 valence electrons. The van der Waals surface area contributed by atoms with Crippen LogP contribution in [0, 0.1) is 0 Å². The molecule has 1 aliphatic carbocycles. The van der Waals surface area contributed by atoms with Crippen molar-refractivity contribution < 1.29 is 9.90 Å². The lowest BCUT2D eigenvalue weighted by Crippen LogP contribution is -2.08. The molecule has 2 rings (SSSR count). The van der Waals surface area contributed by atoms with Crippen molar-refractivity contribution in [3.05, 3.63) is 24.0 Å². The third kappa shape index (κ3) is 4.14. The highest BCUT2D eigenvalue weighted by atomic mass is 32.2. The van der Waals surface area contributed by atoms with Gasteiger partial charge < -0.3 is 5.11 Å². The zero-order valence-electron chi connectivity index (χ0n) is 10.1. The Kier molecular flexibility index (Phi) is 4.75. The molecule has 0 bridgehead atoms. The number of hydrogen-bond acceptors (Lipinski definition) is 4. The number of aliphatic carboxylic acids is 1. The Hall–Kier alpha value is -1.36. The third-order valence-corrected chi connectivity index (χ3v) is 4.12. The average molecular weight is 264 g/mol. The van der Waals surface area contributed by atoms with Gasteiger partial charge in [0.05, 0.1) is 0 Å². The number of carbonyl (C=O) groups is 1. The zero-order chi connectivity index (χ0) is 12.8. The van der Waals surface area contributed by atoms with Crippen LogP contribution in [0.25, 0.3) is 6.08 Å². The van der Waals surface area contributed by atoms with Crippen LogP contribution in [0.5, 0.6) is 0 Å². The van der Waals surface area contributed by atoms with E-state index in [4.69, 9.17) is 5.11 Å². The maximum Gasteiger partial charge on any atom is 0.328 e. The summed E-state index contributed by atoms with van der Waals surface area (Å²) in [5, 5.41) is 9.94. The molecule has 5 heteroatoms. The molecule has 0 unspecified atom stereocenters. The van der Waals surface area contributed by atoms with Crippen molar-refractivity contribution >= 4 is 23.8 Å². The van der Waals surface area contributed by atoms with Crippen molar-refractivity contribution in [1.82, 2.24) is 9.97 Å². The van der Waals surface area contributed by atoms with Crippen LogP contribution >= 0.6 is 11.8 Å². The van der Waals surface area contributed by atoms with E-state index >= 15 is 0 Å². The normalized spacial score (nSPS) is 17.1. The molecule has 1 aromatic rings. The molecule has 0 radical (unpaired) electrons. The van der Waals surface area contributed by atoms with E-state index in [0.717, 1.165) is 11.2 Å². The van der Waals surface area contributed by atoms with E-state index in [1.54, 1.807) is 24.2 Å². The summed E-state index contributed by atoms with van der Waals surface area (Å²) < 4.78 is 0. The average Bonchev–Trinajstić information content (AvgIpc) is 2.39. The van der Waals surface area contributed by atoms with Gasteiger partial charge in [-0.05, 0) is 18.9 Å². The van der Waals surface area contributed by atoms with E-state index in [0.29, 0.717) is 10.8 Å². The van der Waals surface area contributed by atoms with E-state index in [1.807, 2.05) is 0 Å². The molecule has 1 aliphatic rings. The highest BCUT2D eigenvalue weighted by Crippen LogP contribution is 2.31. The summed E-state index contributed by atoms with van der Waals surface area (Å²) >= 11 is 1.73. The predicted octanol–water partition coefficient (Wildman–Crippen LogP) is 3.00. The van der Waals surface area contributed by atoms with Crippen LogP contribution in [-0.4, -0.2) is 26.3 Å². The highest BCUT2D eigenvalue weighted by molar-refractivity contribution is 7.99. The molecule has 18 heavy (non-hydrogen) atoms. The Labute approximate surface area is 111 Å². The highest BCUT2D eigenvalue weighted by Gasteiger charge is 2.15. The topological polar surface area (TPSA) is 63.1 Å². The second-order valence-corrected chi connectivity index (χ2v) is 5.62. The first-order valence-electron chi connectivity index (χ1n) is 6.14. The number of nitrogens with zero attached hydrogens (tertiary/aromatic N) is 2. The molecular formula is C13H16N2O2S. The van der Waals surface area contributed by atoms with E-state index in [1.165, 1.54) is 38.2 Å². The molecule has 0 spiro atoms. The maximum atomic E-state index is 10.4. The van der Waals surface area contributed by atoms with Gasteiger partial charge in [0.1, 0.15) is 0 Å². The minimum Gasteiger partial charge on any atom is -0.478 e. The predicted molar refractivity (Wildman–Crippen MR) is 71.4 cm³/mol. The Morgan fingerprint density at radius 2 is 1.94 bits per heavy atom. The fourth-order valence-corrected chi connectivity index (χ4v) is 3.07. The van der Waals surface area contributed by atoms with Gasteiger partial charge in [-0.1, -0.05) is 31.0 Å². The number of aromatic nitrogens is 2. The molecule has 1 aromatic heterocycles. The van der Waals surface area contributed by atoms with E-state index < -0.39 is 5.97 Å². The van der Waals surface area contributed by atoms with Crippen LogP contribution < -0.4 is 0 Å². The van der Waals surface area contributed by atoms with Crippen LogP contribution in [0.4, 0.5) is 0 Å². The van der Waals surface area contributed by atoms with Crippen molar-refractivity contribution in [2.75, 3.05) is 0 Å². The van der Waals surface area contributed by atoms with Gasteiger partial charge in [-0.15, -0.1) is 0 Å². The molecule has 0 atom stereocenters. The Morgan fingerprint density at radius 3 is 2.56 bits per heavy atom. The number of carboxylic acids is 1. The van der Waals surface area contributed by atoms with Crippen molar-refractivity contribution in [2.45, 2.75) is 42.5 Å². The monoisotopic (exact) mass is 264 g/mol. The van der Waals surface area contributed by atoms with Gasteiger partial charge in [0.2, 0.25) is 0 Å². The maximum absolute atomic E-state index is 10.4. The first-order valence-corrected chi connectivity index (χ1v) is 7.02. The second-order valence-electron chi connectivity index (χ2n) is 4.35. The van der Waals surface area contributed by atoms with E-state index in [9.17, 15) is 4.79 Å². The van der Waals surface area contributed by atoms with E-state index in [2.05, 4.69) is 9.97 Å². The molecule has 0 aromatic carbocycles. The molecule has 1 saturated carbocycles. The van der Waals surface area contributed by atoms with Crippen molar-refractivity contribution in [2.24, 2.45) is 0 Å². The minimum atomic E-state index is -0.962. The van der Waals surface area contributed by atoms with E-state index in [-0.39, 0.29) is 0 Å². The lowest BCUT2D eigenvalue weighted by atomic mass is 10.0. The number of hydrogen-bond donors (Lipinski definition) is 1. The quantitative estimate of drug-likeness (QED) is 0.669. The Morgan fingerprint density at radius 1 is 1.28 bits per heavy atom. The lowest BCUT2D eigenvalue weighted by Gasteiger charge is -2.19. The van der Waals surface area contributed by atoms with Crippen LogP contribution in [0.2, 0.25) is 0 Å². The molecular weight excluding hydrogens is 248 g/mol. The standard InChI is InChI=1S/C13H16N2O2S/c16-12(17)7-6-10-8-14-13(15-9-10)18-11-4-2-1-3-5-11/h6-9,11H,1-5H2,(H,16,17)/b7-6+. The number of carboxylic acid groups (broad SMARTS) is 1. The molecule has 4 nitrogen and oxygen atoms in total. The van der Waals surface area contributed by atoms with Crippen LogP contribution in [0.15, 0.2) is 23.6 Å². The van der Waals surface area contributed by atoms with Crippen molar-refractivity contribution in [3.8, 4) is 0 Å². The second kappa shape index (κ2) is 6.54. The van der Waals surface area contributed by atoms with Gasteiger partial charge in [0.25, 0.3) is 0 Å². The van der Waals surface area contributed by atoms with Gasteiger partial charge in [0, 0.05) is 29.3 Å². The van der Waals surface area contributed by atoms with Gasteiger partial charge >= 0.3 is 5.97 Å². The van der Waals surface area contributed by atoms with Crippen LogP contribution in [0.3, 0.4) is 0 Å². The first-order chi connectivity index (χ1) is 8.74. The smallest absolute Gasteiger partial charge is 0.328 e. The number of thioether (sulfide) groups is 1. The van der Waals surface area contributed by atoms with Crippen molar-refractivity contribution in [3.63, 3.8) is 0 Å². The molecule has 1 fully saturated rings. The Bertz CT molecular complexity index is 425. The SMILES string of the molecule is O=C(O)/C=C/c1cnc(SC2CCCCC2)nc1.